The zero-order valence-corrected chi connectivity index (χ0v) is 16.3. The highest BCUT2D eigenvalue weighted by molar-refractivity contribution is 6.12. The van der Waals surface area contributed by atoms with Crippen molar-refractivity contribution in [1.29, 1.82) is 0 Å². The second-order valence-corrected chi connectivity index (χ2v) is 6.59. The number of pyridine rings is 1. The first-order valence-electron chi connectivity index (χ1n) is 9.34. The van der Waals surface area contributed by atoms with Gasteiger partial charge in [0.15, 0.2) is 0 Å². The third-order valence-electron chi connectivity index (χ3n) is 4.65. The number of benzene rings is 3. The van der Waals surface area contributed by atoms with Crippen LogP contribution in [0.1, 0.15) is 20.7 Å². The number of rotatable bonds is 5. The van der Waals surface area contributed by atoms with Gasteiger partial charge in [-0.2, -0.15) is 0 Å². The summed E-state index contributed by atoms with van der Waals surface area (Å²) in [6.07, 6.45) is 1.61. The highest BCUT2D eigenvalue weighted by atomic mass is 16.5. The minimum Gasteiger partial charge on any atom is -0.497 e. The van der Waals surface area contributed by atoms with E-state index in [1.54, 1.807) is 67.9 Å². The summed E-state index contributed by atoms with van der Waals surface area (Å²) in [7, 11) is 1.59. The van der Waals surface area contributed by atoms with Gasteiger partial charge in [0.2, 0.25) is 0 Å². The first-order chi connectivity index (χ1) is 14.6. The molecule has 3 aromatic carbocycles. The first-order valence-corrected chi connectivity index (χ1v) is 9.34. The number of carbonyl (C=O) groups is 2. The monoisotopic (exact) mass is 397 g/mol. The van der Waals surface area contributed by atoms with E-state index in [9.17, 15) is 9.59 Å². The van der Waals surface area contributed by atoms with E-state index in [1.807, 2.05) is 24.3 Å². The average molecular weight is 397 g/mol. The maximum Gasteiger partial charge on any atom is 0.256 e. The Morgan fingerprint density at radius 1 is 0.767 bits per heavy atom. The highest BCUT2D eigenvalue weighted by Crippen LogP contribution is 2.19. The fourth-order valence-electron chi connectivity index (χ4n) is 3.07. The van der Waals surface area contributed by atoms with Gasteiger partial charge in [-0.05, 0) is 60.7 Å². The van der Waals surface area contributed by atoms with E-state index >= 15 is 0 Å². The summed E-state index contributed by atoms with van der Waals surface area (Å²) >= 11 is 0. The summed E-state index contributed by atoms with van der Waals surface area (Å²) in [6.45, 7) is 0. The normalized spacial score (nSPS) is 10.4. The van der Waals surface area contributed by atoms with Gasteiger partial charge in [0.25, 0.3) is 11.8 Å². The molecule has 2 N–H and O–H groups in total. The van der Waals surface area contributed by atoms with E-state index in [2.05, 4.69) is 15.6 Å². The molecule has 4 aromatic rings. The summed E-state index contributed by atoms with van der Waals surface area (Å²) in [5.41, 5.74) is 3.06. The highest BCUT2D eigenvalue weighted by Gasteiger charge is 2.11. The van der Waals surface area contributed by atoms with Gasteiger partial charge >= 0.3 is 0 Å². The molecule has 30 heavy (non-hydrogen) atoms. The summed E-state index contributed by atoms with van der Waals surface area (Å²) in [5.74, 6) is 0.247. The molecular formula is C24H19N3O3. The van der Waals surface area contributed by atoms with Gasteiger partial charge in [-0.3, -0.25) is 14.6 Å². The zero-order valence-electron chi connectivity index (χ0n) is 16.3. The summed E-state index contributed by atoms with van der Waals surface area (Å²) in [5, 5.41) is 6.48. The van der Waals surface area contributed by atoms with Crippen molar-refractivity contribution < 1.29 is 14.3 Å². The molecule has 0 atom stereocenters. The van der Waals surface area contributed by atoms with Gasteiger partial charge in [-0.15, -0.1) is 0 Å². The van der Waals surface area contributed by atoms with Crippen molar-refractivity contribution in [3.63, 3.8) is 0 Å². The molecule has 0 aliphatic heterocycles. The van der Waals surface area contributed by atoms with Crippen LogP contribution in [0.5, 0.6) is 5.75 Å². The quantitative estimate of drug-likeness (QED) is 0.509. The standard InChI is InChI=1S/C24H19N3O3/c1-30-19-12-10-18(11-13-19)26-23(28)16-6-8-17(9-7-16)27-24(29)21-14-15-25-22-5-3-2-4-20(21)22/h2-15H,1H3,(H,26,28)(H,27,29). The van der Waals surface area contributed by atoms with Crippen LogP contribution in [0.3, 0.4) is 0 Å². The van der Waals surface area contributed by atoms with Crippen LogP contribution in [0.25, 0.3) is 10.9 Å². The SMILES string of the molecule is COc1ccc(NC(=O)c2ccc(NC(=O)c3ccnc4ccccc34)cc2)cc1. The van der Waals surface area contributed by atoms with E-state index in [0.29, 0.717) is 22.5 Å². The van der Waals surface area contributed by atoms with Crippen molar-refractivity contribution in [2.24, 2.45) is 0 Å². The van der Waals surface area contributed by atoms with Crippen LogP contribution in [-0.2, 0) is 0 Å². The number of para-hydroxylation sites is 1. The molecule has 6 nitrogen and oxygen atoms in total. The first kappa shape index (κ1) is 19.1. The van der Waals surface area contributed by atoms with Gasteiger partial charge in [0.1, 0.15) is 5.75 Å². The second kappa shape index (κ2) is 8.45. The number of hydrogen-bond donors (Lipinski definition) is 2. The van der Waals surface area contributed by atoms with Crippen LogP contribution in [-0.4, -0.2) is 23.9 Å². The molecule has 1 aromatic heterocycles. The largest absolute Gasteiger partial charge is 0.497 e. The van der Waals surface area contributed by atoms with E-state index in [0.717, 1.165) is 16.7 Å². The molecule has 0 radical (unpaired) electrons. The molecule has 0 aliphatic carbocycles. The lowest BCUT2D eigenvalue weighted by molar-refractivity contribution is 0.102. The van der Waals surface area contributed by atoms with Gasteiger partial charge in [-0.25, -0.2) is 0 Å². The van der Waals surface area contributed by atoms with Crippen LogP contribution in [0.15, 0.2) is 85.1 Å². The lowest BCUT2D eigenvalue weighted by Gasteiger charge is -2.09. The lowest BCUT2D eigenvalue weighted by Crippen LogP contribution is -2.14. The number of ether oxygens (including phenoxy) is 1. The number of nitrogens with one attached hydrogen (secondary N) is 2. The smallest absolute Gasteiger partial charge is 0.256 e. The molecule has 0 saturated carbocycles. The Morgan fingerprint density at radius 3 is 2.10 bits per heavy atom. The Hall–Kier alpha value is -4.19. The Balaban J connectivity index is 1.45. The van der Waals surface area contributed by atoms with Gasteiger partial charge in [0.05, 0.1) is 18.2 Å². The molecular weight excluding hydrogens is 378 g/mol. The summed E-state index contributed by atoms with van der Waals surface area (Å²) in [4.78, 5) is 29.4. The second-order valence-electron chi connectivity index (χ2n) is 6.59. The number of carbonyl (C=O) groups excluding carboxylic acids is 2. The molecule has 4 rings (SSSR count). The lowest BCUT2D eigenvalue weighted by atomic mass is 10.1. The molecule has 0 unspecified atom stereocenters. The fraction of sp³-hybridized carbons (Fsp3) is 0.0417. The number of hydrogen-bond acceptors (Lipinski definition) is 4. The maximum atomic E-state index is 12.7. The molecule has 0 bridgehead atoms. The number of methoxy groups -OCH3 is 1. The van der Waals surface area contributed by atoms with Gasteiger partial charge in [-0.1, -0.05) is 18.2 Å². The number of aromatic nitrogens is 1. The fourth-order valence-corrected chi connectivity index (χ4v) is 3.07. The van der Waals surface area contributed by atoms with Crippen molar-refractivity contribution >= 4 is 34.1 Å². The third-order valence-corrected chi connectivity index (χ3v) is 4.65. The molecule has 0 spiro atoms. The molecule has 2 amide bonds. The summed E-state index contributed by atoms with van der Waals surface area (Å²) in [6, 6.07) is 23.0. The van der Waals surface area contributed by atoms with Crippen molar-refractivity contribution in [2.75, 3.05) is 17.7 Å². The summed E-state index contributed by atoms with van der Waals surface area (Å²) < 4.78 is 5.11. The van der Waals surface area contributed by atoms with Crippen molar-refractivity contribution in [2.45, 2.75) is 0 Å². The van der Waals surface area contributed by atoms with E-state index < -0.39 is 0 Å². The van der Waals surface area contributed by atoms with Crippen LogP contribution in [0.4, 0.5) is 11.4 Å². The van der Waals surface area contributed by atoms with Crippen LogP contribution < -0.4 is 15.4 Å². The van der Waals surface area contributed by atoms with Gasteiger partial charge < -0.3 is 15.4 Å². The van der Waals surface area contributed by atoms with E-state index in [-0.39, 0.29) is 11.8 Å². The Kier molecular flexibility index (Phi) is 5.39. The third kappa shape index (κ3) is 4.12. The maximum absolute atomic E-state index is 12.7. The van der Waals surface area contributed by atoms with Crippen molar-refractivity contribution in [3.05, 3.63) is 96.2 Å². The van der Waals surface area contributed by atoms with Gasteiger partial charge in [0, 0.05) is 28.5 Å². The number of anilines is 2. The Morgan fingerprint density at radius 2 is 1.40 bits per heavy atom. The Bertz CT molecular complexity index is 1200. The predicted molar refractivity (Wildman–Crippen MR) is 117 cm³/mol. The molecule has 1 heterocycles. The average Bonchev–Trinajstić information content (AvgIpc) is 2.79. The topological polar surface area (TPSA) is 80.3 Å². The number of nitrogens with zero attached hydrogens (tertiary/aromatic N) is 1. The molecule has 0 fully saturated rings. The molecule has 148 valence electrons. The van der Waals surface area contributed by atoms with Crippen LogP contribution >= 0.6 is 0 Å². The number of fused-ring (bicyclic) bond motifs is 1. The molecule has 0 aliphatic rings. The minimum absolute atomic E-state index is 0.232. The van der Waals surface area contributed by atoms with Crippen LogP contribution in [0.2, 0.25) is 0 Å². The van der Waals surface area contributed by atoms with E-state index in [1.165, 1.54) is 0 Å². The van der Waals surface area contributed by atoms with Crippen LogP contribution in [0, 0.1) is 0 Å². The van der Waals surface area contributed by atoms with Crippen molar-refractivity contribution in [1.82, 2.24) is 4.98 Å². The number of amides is 2. The van der Waals surface area contributed by atoms with E-state index in [4.69, 9.17) is 4.74 Å². The minimum atomic E-state index is -0.238. The zero-order chi connectivity index (χ0) is 20.9. The molecule has 0 saturated heterocycles. The Labute approximate surface area is 173 Å². The van der Waals surface area contributed by atoms with Crippen molar-refractivity contribution in [3.8, 4) is 5.75 Å². The molecule has 6 heteroatoms. The predicted octanol–water partition coefficient (Wildman–Crippen LogP) is 4.75.